The van der Waals surface area contributed by atoms with E-state index in [1.807, 2.05) is 37.3 Å². The molecule has 0 aliphatic rings. The van der Waals surface area contributed by atoms with Crippen molar-refractivity contribution in [1.29, 1.82) is 0 Å². The first kappa shape index (κ1) is 25.0. The average Bonchev–Trinajstić information content (AvgIpc) is 3.60. The van der Waals surface area contributed by atoms with Gasteiger partial charge in [0.15, 0.2) is 5.82 Å². The number of H-pyrrole nitrogens is 1. The summed E-state index contributed by atoms with van der Waals surface area (Å²) in [5.74, 6) is 0.624. The number of nitrogens with zero attached hydrogens (tertiary/aromatic N) is 5. The zero-order valence-electron chi connectivity index (χ0n) is 21.0. The van der Waals surface area contributed by atoms with E-state index in [2.05, 4.69) is 67.2 Å². The first-order chi connectivity index (χ1) is 18.1. The summed E-state index contributed by atoms with van der Waals surface area (Å²) in [4.78, 5) is 20.3. The second kappa shape index (κ2) is 11.6. The van der Waals surface area contributed by atoms with Gasteiger partial charge in [0.05, 0.1) is 18.7 Å². The van der Waals surface area contributed by atoms with Gasteiger partial charge in [0.2, 0.25) is 0 Å². The molecule has 9 heteroatoms. The van der Waals surface area contributed by atoms with Crippen LogP contribution in [0.3, 0.4) is 0 Å². The molecule has 3 aromatic heterocycles. The van der Waals surface area contributed by atoms with Crippen molar-refractivity contribution in [1.82, 2.24) is 30.1 Å². The monoisotopic (exact) mass is 514 g/mol. The van der Waals surface area contributed by atoms with Crippen LogP contribution in [-0.4, -0.2) is 50.4 Å². The number of fused-ring (bicyclic) bond motifs is 1. The van der Waals surface area contributed by atoms with Gasteiger partial charge in [0, 0.05) is 30.6 Å². The van der Waals surface area contributed by atoms with Crippen LogP contribution in [0.4, 0.5) is 0 Å². The highest BCUT2D eigenvalue weighted by Gasteiger charge is 2.31. The Kier molecular flexibility index (Phi) is 7.84. The fraction of sp³-hybridized carbons (Fsp3) is 0.286. The van der Waals surface area contributed by atoms with Gasteiger partial charge in [-0.1, -0.05) is 54.6 Å². The number of rotatable bonds is 11. The van der Waals surface area contributed by atoms with E-state index in [0.717, 1.165) is 29.4 Å². The van der Waals surface area contributed by atoms with Crippen LogP contribution in [0.15, 0.2) is 76.9 Å². The Morgan fingerprint density at radius 1 is 1.11 bits per heavy atom. The Morgan fingerprint density at radius 3 is 2.76 bits per heavy atom. The number of pyridine rings is 1. The summed E-state index contributed by atoms with van der Waals surface area (Å²) in [6.07, 6.45) is 0.826. The fourth-order valence-corrected chi connectivity index (χ4v) is 5.40. The molecule has 0 spiro atoms. The molecule has 1 atom stereocenters. The molecule has 0 bridgehead atoms. The van der Waals surface area contributed by atoms with Gasteiger partial charge in [0.25, 0.3) is 5.56 Å². The highest BCUT2D eigenvalue weighted by Crippen LogP contribution is 2.30. The second-order valence-corrected chi connectivity index (χ2v) is 10.1. The largest absolute Gasteiger partial charge is 0.383 e. The molecule has 0 aliphatic carbocycles. The summed E-state index contributed by atoms with van der Waals surface area (Å²) in [6.45, 7) is 4.34. The van der Waals surface area contributed by atoms with E-state index in [4.69, 9.17) is 4.74 Å². The minimum atomic E-state index is -0.452. The number of aromatic amines is 1. The predicted molar refractivity (Wildman–Crippen MR) is 146 cm³/mol. The molecule has 1 unspecified atom stereocenters. The smallest absolute Gasteiger partial charge is 0.253 e. The van der Waals surface area contributed by atoms with E-state index in [1.165, 1.54) is 10.4 Å². The molecule has 0 saturated carbocycles. The molecule has 0 radical (unpaired) electrons. The Bertz CT molecular complexity index is 1500. The Balaban J connectivity index is 1.63. The molecule has 0 amide bonds. The number of hydrogen-bond donors (Lipinski definition) is 1. The molecule has 0 saturated heterocycles. The Morgan fingerprint density at radius 2 is 1.97 bits per heavy atom. The van der Waals surface area contributed by atoms with Crippen molar-refractivity contribution >= 4 is 22.2 Å². The van der Waals surface area contributed by atoms with E-state index in [0.29, 0.717) is 31.1 Å². The molecule has 3 heterocycles. The molecule has 1 N–H and O–H groups in total. The third-order valence-electron chi connectivity index (χ3n) is 6.56. The van der Waals surface area contributed by atoms with Crippen LogP contribution in [0.1, 0.15) is 33.4 Å². The summed E-state index contributed by atoms with van der Waals surface area (Å²) in [5.41, 5.74) is 3.60. The molecule has 0 aliphatic heterocycles. The molecule has 2 aromatic carbocycles. The first-order valence-corrected chi connectivity index (χ1v) is 13.2. The van der Waals surface area contributed by atoms with E-state index in [1.54, 1.807) is 23.1 Å². The molecule has 5 aromatic rings. The minimum absolute atomic E-state index is 0.135. The van der Waals surface area contributed by atoms with Crippen LogP contribution >= 0.6 is 11.3 Å². The molecular weight excluding hydrogens is 484 g/mol. The van der Waals surface area contributed by atoms with Crippen LogP contribution < -0.4 is 5.56 Å². The normalized spacial score (nSPS) is 12.4. The maximum Gasteiger partial charge on any atom is 0.253 e. The summed E-state index contributed by atoms with van der Waals surface area (Å²) >= 11 is 1.70. The SMILES string of the molecule is COCCn1nnnc1C(c1cc2cccc(C)c2[nH]c1=O)N(CCc1ccccc1)Cc1cccs1. The molecule has 190 valence electrons. The Labute approximate surface area is 219 Å². The van der Waals surface area contributed by atoms with Gasteiger partial charge in [-0.15, -0.1) is 16.4 Å². The van der Waals surface area contributed by atoms with Crippen LogP contribution in [0.25, 0.3) is 10.9 Å². The van der Waals surface area contributed by atoms with Crippen LogP contribution in [0.2, 0.25) is 0 Å². The lowest BCUT2D eigenvalue weighted by Gasteiger charge is -2.31. The fourth-order valence-electron chi connectivity index (χ4n) is 4.67. The molecule has 37 heavy (non-hydrogen) atoms. The summed E-state index contributed by atoms with van der Waals surface area (Å²) in [7, 11) is 1.65. The molecular formula is C28H30N6O2S. The Hall–Kier alpha value is -3.66. The lowest BCUT2D eigenvalue weighted by atomic mass is 10.0. The topological polar surface area (TPSA) is 88.9 Å². The third kappa shape index (κ3) is 5.69. The first-order valence-electron chi connectivity index (χ1n) is 12.3. The van der Waals surface area contributed by atoms with Gasteiger partial charge < -0.3 is 9.72 Å². The molecule has 5 rings (SSSR count). The number of methoxy groups -OCH3 is 1. The highest BCUT2D eigenvalue weighted by molar-refractivity contribution is 7.09. The number of ether oxygens (including phenoxy) is 1. The number of hydrogen-bond acceptors (Lipinski definition) is 7. The van der Waals surface area contributed by atoms with Gasteiger partial charge in [-0.3, -0.25) is 9.69 Å². The summed E-state index contributed by atoms with van der Waals surface area (Å²) < 4.78 is 7.05. The lowest BCUT2D eigenvalue weighted by Crippen LogP contribution is -2.36. The van der Waals surface area contributed by atoms with E-state index in [-0.39, 0.29) is 5.56 Å². The van der Waals surface area contributed by atoms with Crippen molar-refractivity contribution in [2.24, 2.45) is 0 Å². The van der Waals surface area contributed by atoms with Crippen molar-refractivity contribution in [3.05, 3.63) is 110 Å². The maximum atomic E-state index is 13.6. The number of tetrazole rings is 1. The third-order valence-corrected chi connectivity index (χ3v) is 7.42. The van der Waals surface area contributed by atoms with E-state index >= 15 is 0 Å². The zero-order valence-corrected chi connectivity index (χ0v) is 21.8. The van der Waals surface area contributed by atoms with Gasteiger partial charge in [-0.2, -0.15) is 0 Å². The number of benzene rings is 2. The minimum Gasteiger partial charge on any atom is -0.383 e. The van der Waals surface area contributed by atoms with Crippen molar-refractivity contribution in [2.75, 3.05) is 20.3 Å². The quantitative estimate of drug-likeness (QED) is 0.282. The van der Waals surface area contributed by atoms with Gasteiger partial charge in [0.1, 0.15) is 6.04 Å². The number of para-hydroxylation sites is 1. The van der Waals surface area contributed by atoms with E-state index in [9.17, 15) is 4.79 Å². The predicted octanol–water partition coefficient (Wildman–Crippen LogP) is 4.37. The maximum absolute atomic E-state index is 13.6. The molecule has 8 nitrogen and oxygen atoms in total. The van der Waals surface area contributed by atoms with Gasteiger partial charge in [-0.05, 0) is 57.8 Å². The number of thiophene rings is 1. The van der Waals surface area contributed by atoms with Gasteiger partial charge >= 0.3 is 0 Å². The second-order valence-electron chi connectivity index (χ2n) is 9.03. The average molecular weight is 515 g/mol. The standard InChI is InChI=1S/C28H30N6O2S/c1-20-8-6-11-22-18-24(28(35)29-25(20)22)26(27-30-31-32-34(27)15-16-36-2)33(19-23-12-7-17-37-23)14-13-21-9-4-3-5-10-21/h3-12,17-18,26H,13-16,19H2,1-2H3,(H,29,35). The van der Waals surface area contributed by atoms with Crippen molar-refractivity contribution < 1.29 is 4.74 Å². The zero-order chi connectivity index (χ0) is 25.6. The van der Waals surface area contributed by atoms with Gasteiger partial charge in [-0.25, -0.2) is 4.68 Å². The lowest BCUT2D eigenvalue weighted by molar-refractivity contribution is 0.172. The summed E-state index contributed by atoms with van der Waals surface area (Å²) in [6, 6.07) is 22.2. The van der Waals surface area contributed by atoms with Crippen LogP contribution in [-0.2, 0) is 24.2 Å². The summed E-state index contributed by atoms with van der Waals surface area (Å²) in [5, 5.41) is 15.7. The van der Waals surface area contributed by atoms with Crippen LogP contribution in [0, 0.1) is 6.92 Å². The number of aryl methyl sites for hydroxylation is 1. The number of nitrogens with one attached hydrogen (secondary N) is 1. The van der Waals surface area contributed by atoms with Crippen molar-refractivity contribution in [2.45, 2.75) is 32.5 Å². The van der Waals surface area contributed by atoms with Crippen LogP contribution in [0.5, 0.6) is 0 Å². The highest BCUT2D eigenvalue weighted by atomic mass is 32.1. The number of aromatic nitrogens is 5. The van der Waals surface area contributed by atoms with Crippen molar-refractivity contribution in [3.63, 3.8) is 0 Å². The molecule has 0 fully saturated rings. The van der Waals surface area contributed by atoms with E-state index < -0.39 is 6.04 Å². The van der Waals surface area contributed by atoms with Crippen molar-refractivity contribution in [3.8, 4) is 0 Å².